The predicted molar refractivity (Wildman–Crippen MR) is 82.2 cm³/mol. The zero-order valence-corrected chi connectivity index (χ0v) is 12.0. The Balaban J connectivity index is 2.38. The molecular weight excluding hydrogens is 234 g/mol. The molecule has 3 N–H and O–H groups in total. The smallest absolute Gasteiger partial charge is 0.150 e. The van der Waals surface area contributed by atoms with E-state index < -0.39 is 0 Å². The monoisotopic (exact) mass is 255 g/mol. The number of hydrogen-bond donors (Lipinski definition) is 2. The molecule has 0 aliphatic rings. The van der Waals surface area contributed by atoms with Crippen molar-refractivity contribution in [2.45, 2.75) is 33.2 Å². The van der Waals surface area contributed by atoms with E-state index in [0.29, 0.717) is 5.69 Å². The number of rotatable bonds is 2. The lowest BCUT2D eigenvalue weighted by Gasteiger charge is -2.22. The lowest BCUT2D eigenvalue weighted by atomic mass is 10.1. The lowest BCUT2D eigenvalue weighted by Crippen LogP contribution is -2.27. The van der Waals surface area contributed by atoms with Crippen molar-refractivity contribution in [2.75, 3.05) is 11.1 Å². The summed E-state index contributed by atoms with van der Waals surface area (Å²) in [5.41, 5.74) is 9.86. The first kappa shape index (κ1) is 13.4. The molecule has 1 heterocycles. The molecule has 2 rings (SSSR count). The van der Waals surface area contributed by atoms with E-state index in [1.807, 2.05) is 12.1 Å². The number of aryl methyl sites for hydroxylation is 1. The van der Waals surface area contributed by atoms with Crippen LogP contribution in [-0.4, -0.2) is 10.5 Å². The molecule has 0 aliphatic heterocycles. The molecule has 0 fully saturated rings. The third-order valence-electron chi connectivity index (χ3n) is 2.77. The van der Waals surface area contributed by atoms with Crippen LogP contribution in [0.2, 0.25) is 0 Å². The minimum atomic E-state index is -0.0625. The van der Waals surface area contributed by atoms with Crippen LogP contribution in [0, 0.1) is 6.92 Å². The Hall–Kier alpha value is -2.03. The maximum atomic E-state index is 5.97. The molecule has 19 heavy (non-hydrogen) atoms. The van der Waals surface area contributed by atoms with Gasteiger partial charge >= 0.3 is 0 Å². The van der Waals surface area contributed by atoms with Gasteiger partial charge in [0.1, 0.15) is 5.82 Å². The van der Waals surface area contributed by atoms with Crippen molar-refractivity contribution in [2.24, 2.45) is 0 Å². The Labute approximate surface area is 114 Å². The highest BCUT2D eigenvalue weighted by atomic mass is 15.1. The number of benzene rings is 1. The average molecular weight is 255 g/mol. The lowest BCUT2D eigenvalue weighted by molar-refractivity contribution is 0.631. The molecule has 1 aromatic carbocycles. The van der Waals surface area contributed by atoms with E-state index in [4.69, 9.17) is 5.73 Å². The van der Waals surface area contributed by atoms with Crippen molar-refractivity contribution in [3.05, 3.63) is 42.0 Å². The fourth-order valence-electron chi connectivity index (χ4n) is 1.81. The Morgan fingerprint density at radius 3 is 2.21 bits per heavy atom. The minimum absolute atomic E-state index is 0.0625. The first-order valence-electron chi connectivity index (χ1n) is 6.47. The Kier molecular flexibility index (Phi) is 3.47. The van der Waals surface area contributed by atoms with Gasteiger partial charge < -0.3 is 11.1 Å². The third kappa shape index (κ3) is 3.47. The zero-order chi connectivity index (χ0) is 14.0. The van der Waals surface area contributed by atoms with E-state index in [1.165, 1.54) is 5.56 Å². The summed E-state index contributed by atoms with van der Waals surface area (Å²) in [6, 6.07) is 12.2. The maximum Gasteiger partial charge on any atom is 0.150 e. The van der Waals surface area contributed by atoms with Crippen molar-refractivity contribution in [1.29, 1.82) is 0 Å². The molecule has 100 valence electrons. The second-order valence-corrected chi connectivity index (χ2v) is 5.88. The van der Waals surface area contributed by atoms with Gasteiger partial charge in [0.05, 0.1) is 11.4 Å². The van der Waals surface area contributed by atoms with Crippen LogP contribution in [0.1, 0.15) is 26.3 Å². The third-order valence-corrected chi connectivity index (χ3v) is 2.77. The molecule has 0 amide bonds. The summed E-state index contributed by atoms with van der Waals surface area (Å²) in [4.78, 5) is 4.62. The van der Waals surface area contributed by atoms with E-state index in [2.05, 4.69) is 62.3 Å². The maximum absolute atomic E-state index is 5.97. The summed E-state index contributed by atoms with van der Waals surface area (Å²) in [6.07, 6.45) is 0. The van der Waals surface area contributed by atoms with Crippen LogP contribution in [-0.2, 0) is 0 Å². The number of nitrogens with one attached hydrogen (secondary N) is 1. The topological polar surface area (TPSA) is 50.9 Å². The molecule has 0 aliphatic carbocycles. The van der Waals surface area contributed by atoms with Crippen LogP contribution in [0.4, 0.5) is 11.5 Å². The van der Waals surface area contributed by atoms with Crippen LogP contribution >= 0.6 is 0 Å². The van der Waals surface area contributed by atoms with Gasteiger partial charge in [-0.05, 0) is 39.8 Å². The molecular formula is C16H21N3. The SMILES string of the molecule is Cc1ccc(-c2ccc(N)c(NC(C)(C)C)n2)cc1. The Morgan fingerprint density at radius 2 is 1.63 bits per heavy atom. The van der Waals surface area contributed by atoms with Gasteiger partial charge in [0.15, 0.2) is 0 Å². The highest BCUT2D eigenvalue weighted by Crippen LogP contribution is 2.25. The number of aromatic nitrogens is 1. The van der Waals surface area contributed by atoms with Gasteiger partial charge in [0.2, 0.25) is 0 Å². The van der Waals surface area contributed by atoms with Crippen LogP contribution < -0.4 is 11.1 Å². The Morgan fingerprint density at radius 1 is 1.00 bits per heavy atom. The van der Waals surface area contributed by atoms with Gasteiger partial charge in [0.25, 0.3) is 0 Å². The number of nitrogen functional groups attached to an aromatic ring is 1. The first-order chi connectivity index (χ1) is 8.85. The highest BCUT2D eigenvalue weighted by molar-refractivity contribution is 5.69. The molecule has 3 heteroatoms. The summed E-state index contributed by atoms with van der Waals surface area (Å²) >= 11 is 0. The number of pyridine rings is 1. The summed E-state index contributed by atoms with van der Waals surface area (Å²) in [5, 5.41) is 3.33. The van der Waals surface area contributed by atoms with E-state index in [9.17, 15) is 0 Å². The highest BCUT2D eigenvalue weighted by Gasteiger charge is 2.13. The summed E-state index contributed by atoms with van der Waals surface area (Å²) in [7, 11) is 0. The molecule has 2 aromatic rings. The predicted octanol–water partition coefficient (Wildman–Crippen LogP) is 3.85. The largest absolute Gasteiger partial charge is 0.396 e. The molecule has 0 radical (unpaired) electrons. The molecule has 0 unspecified atom stereocenters. The molecule has 1 aromatic heterocycles. The average Bonchev–Trinajstić information content (AvgIpc) is 2.31. The van der Waals surface area contributed by atoms with Gasteiger partial charge in [0, 0.05) is 11.1 Å². The van der Waals surface area contributed by atoms with Gasteiger partial charge in [-0.25, -0.2) is 4.98 Å². The van der Waals surface area contributed by atoms with Crippen molar-refractivity contribution < 1.29 is 0 Å². The van der Waals surface area contributed by atoms with E-state index >= 15 is 0 Å². The Bertz CT molecular complexity index is 566. The van der Waals surface area contributed by atoms with Gasteiger partial charge in [-0.2, -0.15) is 0 Å². The van der Waals surface area contributed by atoms with Crippen molar-refractivity contribution >= 4 is 11.5 Å². The van der Waals surface area contributed by atoms with Crippen LogP contribution in [0.15, 0.2) is 36.4 Å². The summed E-state index contributed by atoms with van der Waals surface area (Å²) in [5.74, 6) is 0.741. The molecule has 0 bridgehead atoms. The second-order valence-electron chi connectivity index (χ2n) is 5.88. The zero-order valence-electron chi connectivity index (χ0n) is 12.0. The number of hydrogen-bond acceptors (Lipinski definition) is 3. The van der Waals surface area contributed by atoms with Gasteiger partial charge in [-0.1, -0.05) is 29.8 Å². The summed E-state index contributed by atoms with van der Waals surface area (Å²) < 4.78 is 0. The van der Waals surface area contributed by atoms with Crippen LogP contribution in [0.3, 0.4) is 0 Å². The van der Waals surface area contributed by atoms with Crippen molar-refractivity contribution in [3.63, 3.8) is 0 Å². The van der Waals surface area contributed by atoms with E-state index in [-0.39, 0.29) is 5.54 Å². The molecule has 0 atom stereocenters. The molecule has 3 nitrogen and oxygen atoms in total. The van der Waals surface area contributed by atoms with Crippen LogP contribution in [0.25, 0.3) is 11.3 Å². The molecule has 0 spiro atoms. The van der Waals surface area contributed by atoms with Crippen molar-refractivity contribution in [1.82, 2.24) is 4.98 Å². The second kappa shape index (κ2) is 4.92. The number of nitrogens with two attached hydrogens (primary N) is 1. The fraction of sp³-hybridized carbons (Fsp3) is 0.312. The van der Waals surface area contributed by atoms with E-state index in [0.717, 1.165) is 17.1 Å². The first-order valence-corrected chi connectivity index (χ1v) is 6.47. The van der Waals surface area contributed by atoms with E-state index in [1.54, 1.807) is 0 Å². The molecule has 0 saturated heterocycles. The minimum Gasteiger partial charge on any atom is -0.396 e. The molecule has 0 saturated carbocycles. The normalized spacial score (nSPS) is 11.4. The summed E-state index contributed by atoms with van der Waals surface area (Å²) in [6.45, 7) is 8.35. The number of anilines is 2. The van der Waals surface area contributed by atoms with Crippen molar-refractivity contribution in [3.8, 4) is 11.3 Å². The van der Waals surface area contributed by atoms with Gasteiger partial charge in [-0.3, -0.25) is 0 Å². The van der Waals surface area contributed by atoms with Crippen LogP contribution in [0.5, 0.6) is 0 Å². The van der Waals surface area contributed by atoms with Gasteiger partial charge in [-0.15, -0.1) is 0 Å². The standard InChI is InChI=1S/C16H21N3/c1-11-5-7-12(8-6-11)14-10-9-13(17)15(18-14)19-16(2,3)4/h5-10H,17H2,1-4H3,(H,18,19). The fourth-order valence-corrected chi connectivity index (χ4v) is 1.81. The quantitative estimate of drug-likeness (QED) is 0.857. The number of nitrogens with zero attached hydrogens (tertiary/aromatic N) is 1.